The van der Waals surface area contributed by atoms with E-state index in [0.717, 1.165) is 32.4 Å². The molecule has 0 bridgehead atoms. The number of amides is 1. The Morgan fingerprint density at radius 3 is 2.85 bits per heavy atom. The molecule has 1 atom stereocenters. The molecule has 0 aromatic carbocycles. The number of carbonyl (C=O) groups excluding carboxylic acids is 1. The van der Waals surface area contributed by atoms with Crippen LogP contribution >= 0.6 is 0 Å². The van der Waals surface area contributed by atoms with Crippen molar-refractivity contribution in [2.75, 3.05) is 26.7 Å². The van der Waals surface area contributed by atoms with Gasteiger partial charge in [0.2, 0.25) is 5.91 Å². The van der Waals surface area contributed by atoms with Gasteiger partial charge in [0, 0.05) is 30.9 Å². The second-order valence-electron chi connectivity index (χ2n) is 6.45. The molecule has 4 heteroatoms. The van der Waals surface area contributed by atoms with E-state index in [-0.39, 0.29) is 0 Å². The number of hydrogen-bond acceptors (Lipinski definition) is 3. The third-order valence-electron chi connectivity index (χ3n) is 4.80. The van der Waals surface area contributed by atoms with E-state index in [1.807, 2.05) is 7.05 Å². The van der Waals surface area contributed by atoms with Crippen LogP contribution in [0.2, 0.25) is 0 Å². The SMILES string of the molecule is CNC1CCN(CC(=O)N(C2=CCCCC2)C2CC2)C1. The molecule has 1 saturated carbocycles. The summed E-state index contributed by atoms with van der Waals surface area (Å²) in [5, 5.41) is 3.32. The van der Waals surface area contributed by atoms with Crippen LogP contribution in [-0.2, 0) is 4.79 Å². The summed E-state index contributed by atoms with van der Waals surface area (Å²) in [6, 6.07) is 1.07. The van der Waals surface area contributed by atoms with Crippen LogP contribution in [0.5, 0.6) is 0 Å². The molecule has 1 unspecified atom stereocenters. The number of likely N-dealkylation sites (N-methyl/N-ethyl adjacent to an activating group) is 1. The van der Waals surface area contributed by atoms with Crippen LogP contribution in [0.4, 0.5) is 0 Å². The van der Waals surface area contributed by atoms with E-state index in [0.29, 0.717) is 24.5 Å². The van der Waals surface area contributed by atoms with Crippen LogP contribution in [0.25, 0.3) is 0 Å². The molecule has 0 spiro atoms. The van der Waals surface area contributed by atoms with Gasteiger partial charge in [0.05, 0.1) is 6.54 Å². The molecular formula is C16H27N3O. The molecule has 0 radical (unpaired) electrons. The lowest BCUT2D eigenvalue weighted by atomic mass is 10.0. The summed E-state index contributed by atoms with van der Waals surface area (Å²) in [5.41, 5.74) is 1.31. The third-order valence-corrected chi connectivity index (χ3v) is 4.80. The summed E-state index contributed by atoms with van der Waals surface area (Å²) in [6.45, 7) is 2.67. The standard InChI is InChI=1S/C16H27N3O/c1-17-13-9-10-18(11-13)12-16(20)19(15-7-8-15)14-5-3-2-4-6-14/h5,13,15,17H,2-4,6-12H2,1H3. The average Bonchev–Trinajstić information content (AvgIpc) is 3.19. The Bertz CT molecular complexity index is 389. The van der Waals surface area contributed by atoms with E-state index in [2.05, 4.69) is 21.2 Å². The molecular weight excluding hydrogens is 250 g/mol. The van der Waals surface area contributed by atoms with Gasteiger partial charge in [-0.25, -0.2) is 0 Å². The van der Waals surface area contributed by atoms with Gasteiger partial charge in [0.1, 0.15) is 0 Å². The molecule has 1 aliphatic heterocycles. The van der Waals surface area contributed by atoms with Crippen LogP contribution in [0.15, 0.2) is 11.8 Å². The van der Waals surface area contributed by atoms with E-state index >= 15 is 0 Å². The Morgan fingerprint density at radius 1 is 1.40 bits per heavy atom. The predicted octanol–water partition coefficient (Wildman–Crippen LogP) is 1.73. The van der Waals surface area contributed by atoms with Crippen molar-refractivity contribution in [3.8, 4) is 0 Å². The first-order valence-corrected chi connectivity index (χ1v) is 8.18. The van der Waals surface area contributed by atoms with Gasteiger partial charge in [0.25, 0.3) is 0 Å². The van der Waals surface area contributed by atoms with E-state index in [4.69, 9.17) is 0 Å². The van der Waals surface area contributed by atoms with Crippen molar-refractivity contribution in [1.82, 2.24) is 15.1 Å². The van der Waals surface area contributed by atoms with Gasteiger partial charge in [-0.05, 0) is 52.0 Å². The Hall–Kier alpha value is -0.870. The van der Waals surface area contributed by atoms with Crippen LogP contribution < -0.4 is 5.32 Å². The first-order valence-electron chi connectivity index (χ1n) is 8.18. The molecule has 20 heavy (non-hydrogen) atoms. The molecule has 2 aliphatic carbocycles. The number of rotatable bonds is 5. The summed E-state index contributed by atoms with van der Waals surface area (Å²) in [5.74, 6) is 0.331. The number of carbonyl (C=O) groups is 1. The Kier molecular flexibility index (Phi) is 4.41. The summed E-state index contributed by atoms with van der Waals surface area (Å²) in [7, 11) is 2.01. The van der Waals surface area contributed by atoms with Gasteiger partial charge in [-0.1, -0.05) is 6.08 Å². The zero-order chi connectivity index (χ0) is 13.9. The first kappa shape index (κ1) is 14.1. The fourth-order valence-corrected chi connectivity index (χ4v) is 3.45. The Balaban J connectivity index is 1.60. The zero-order valence-electron chi connectivity index (χ0n) is 12.6. The summed E-state index contributed by atoms with van der Waals surface area (Å²) in [4.78, 5) is 17.2. The second kappa shape index (κ2) is 6.27. The molecule has 1 saturated heterocycles. The van der Waals surface area contributed by atoms with E-state index < -0.39 is 0 Å². The highest BCUT2D eigenvalue weighted by molar-refractivity contribution is 5.81. The lowest BCUT2D eigenvalue weighted by molar-refractivity contribution is -0.131. The van der Waals surface area contributed by atoms with Crippen molar-refractivity contribution < 1.29 is 4.79 Å². The van der Waals surface area contributed by atoms with E-state index in [9.17, 15) is 4.79 Å². The van der Waals surface area contributed by atoms with Crippen molar-refractivity contribution in [1.29, 1.82) is 0 Å². The fraction of sp³-hybridized carbons (Fsp3) is 0.812. The average molecular weight is 277 g/mol. The first-order chi connectivity index (χ1) is 9.78. The quantitative estimate of drug-likeness (QED) is 0.831. The maximum Gasteiger partial charge on any atom is 0.241 e. The van der Waals surface area contributed by atoms with Crippen LogP contribution in [0, 0.1) is 0 Å². The third kappa shape index (κ3) is 3.23. The number of allylic oxidation sites excluding steroid dienone is 2. The lowest BCUT2D eigenvalue weighted by Gasteiger charge is -2.29. The lowest BCUT2D eigenvalue weighted by Crippen LogP contribution is -2.41. The fourth-order valence-electron chi connectivity index (χ4n) is 3.45. The molecule has 1 amide bonds. The van der Waals surface area contributed by atoms with Crippen molar-refractivity contribution in [2.24, 2.45) is 0 Å². The van der Waals surface area contributed by atoms with Gasteiger partial charge >= 0.3 is 0 Å². The highest BCUT2D eigenvalue weighted by Gasteiger charge is 2.36. The summed E-state index contributed by atoms with van der Waals surface area (Å²) >= 11 is 0. The molecule has 112 valence electrons. The molecule has 3 rings (SSSR count). The summed E-state index contributed by atoms with van der Waals surface area (Å²) in [6.07, 6.45) is 10.6. The van der Waals surface area contributed by atoms with E-state index in [1.54, 1.807) is 0 Å². The number of nitrogens with zero attached hydrogens (tertiary/aromatic N) is 2. The van der Waals surface area contributed by atoms with E-state index in [1.165, 1.54) is 31.4 Å². The number of nitrogens with one attached hydrogen (secondary N) is 1. The van der Waals surface area contributed by atoms with Gasteiger partial charge in [-0.3, -0.25) is 9.69 Å². The number of likely N-dealkylation sites (tertiary alicyclic amines) is 1. The van der Waals surface area contributed by atoms with Crippen LogP contribution in [-0.4, -0.2) is 54.5 Å². The van der Waals surface area contributed by atoms with Gasteiger partial charge < -0.3 is 10.2 Å². The van der Waals surface area contributed by atoms with Crippen LogP contribution in [0.3, 0.4) is 0 Å². The van der Waals surface area contributed by atoms with Crippen molar-refractivity contribution >= 4 is 5.91 Å². The molecule has 4 nitrogen and oxygen atoms in total. The zero-order valence-corrected chi connectivity index (χ0v) is 12.6. The highest BCUT2D eigenvalue weighted by atomic mass is 16.2. The predicted molar refractivity (Wildman–Crippen MR) is 80.3 cm³/mol. The van der Waals surface area contributed by atoms with Crippen molar-refractivity contribution in [3.05, 3.63) is 11.8 Å². The van der Waals surface area contributed by atoms with Crippen molar-refractivity contribution in [2.45, 2.75) is 57.0 Å². The van der Waals surface area contributed by atoms with Crippen molar-refractivity contribution in [3.63, 3.8) is 0 Å². The maximum atomic E-state index is 12.7. The Labute approximate surface area is 122 Å². The summed E-state index contributed by atoms with van der Waals surface area (Å²) < 4.78 is 0. The maximum absolute atomic E-state index is 12.7. The minimum atomic E-state index is 0.331. The van der Waals surface area contributed by atoms with Gasteiger partial charge in [-0.15, -0.1) is 0 Å². The van der Waals surface area contributed by atoms with Crippen LogP contribution in [0.1, 0.15) is 44.9 Å². The van der Waals surface area contributed by atoms with Gasteiger partial charge in [-0.2, -0.15) is 0 Å². The second-order valence-corrected chi connectivity index (χ2v) is 6.45. The Morgan fingerprint density at radius 2 is 2.25 bits per heavy atom. The normalized spacial score (nSPS) is 27.4. The smallest absolute Gasteiger partial charge is 0.241 e. The molecule has 1 N–H and O–H groups in total. The monoisotopic (exact) mass is 277 g/mol. The topological polar surface area (TPSA) is 35.6 Å². The molecule has 1 heterocycles. The molecule has 0 aromatic rings. The molecule has 2 fully saturated rings. The number of hydrogen-bond donors (Lipinski definition) is 1. The molecule has 0 aromatic heterocycles. The minimum absolute atomic E-state index is 0.331. The minimum Gasteiger partial charge on any atom is -0.316 e. The largest absolute Gasteiger partial charge is 0.316 e. The molecule has 3 aliphatic rings. The highest BCUT2D eigenvalue weighted by Crippen LogP contribution is 2.33. The van der Waals surface area contributed by atoms with Gasteiger partial charge in [0.15, 0.2) is 0 Å².